The first-order valence-electron chi connectivity index (χ1n) is 12.4. The Morgan fingerprint density at radius 1 is 0.892 bits per heavy atom. The summed E-state index contributed by atoms with van der Waals surface area (Å²) < 4.78 is 6.88. The normalized spacial score (nSPS) is 13.5. The second-order valence-electron chi connectivity index (χ2n) is 8.84. The van der Waals surface area contributed by atoms with Gasteiger partial charge in [-0.25, -0.2) is 9.78 Å². The van der Waals surface area contributed by atoms with E-state index in [9.17, 15) is 14.4 Å². The number of hydrogen-bond donors (Lipinski definition) is 0. The molecule has 1 aliphatic rings. The van der Waals surface area contributed by atoms with Gasteiger partial charge in [0.2, 0.25) is 0 Å². The fraction of sp³-hybridized carbons (Fsp3) is 0.241. The molecule has 0 unspecified atom stereocenters. The van der Waals surface area contributed by atoms with Crippen molar-refractivity contribution in [1.29, 1.82) is 0 Å². The standard InChI is InChI=1S/C29H28N4O4/c1-2-37-29(36)24-25(31-16-18-32(19-17-31)27(34)22-12-7-4-8-13-22)23-14-9-15-30-26(23)33(28(24)35)20-21-10-5-3-6-11-21/h3-15H,2,16-20H2,1H3. The van der Waals surface area contributed by atoms with Gasteiger partial charge in [0.25, 0.3) is 11.5 Å². The molecule has 4 aromatic rings. The van der Waals surface area contributed by atoms with Crippen molar-refractivity contribution in [3.05, 3.63) is 106 Å². The van der Waals surface area contributed by atoms with Gasteiger partial charge in [-0.15, -0.1) is 0 Å². The number of carbonyl (C=O) groups is 2. The van der Waals surface area contributed by atoms with Crippen LogP contribution in [0.4, 0.5) is 5.69 Å². The van der Waals surface area contributed by atoms with Crippen LogP contribution in [0, 0.1) is 0 Å². The van der Waals surface area contributed by atoms with Gasteiger partial charge in [-0.05, 0) is 36.8 Å². The number of hydrogen-bond acceptors (Lipinski definition) is 6. The summed E-state index contributed by atoms with van der Waals surface area (Å²) in [7, 11) is 0. The summed E-state index contributed by atoms with van der Waals surface area (Å²) in [4.78, 5) is 48.3. The number of carbonyl (C=O) groups excluding carboxylic acids is 2. The Labute approximate surface area is 214 Å². The molecule has 3 heterocycles. The molecular weight excluding hydrogens is 468 g/mol. The van der Waals surface area contributed by atoms with Crippen molar-refractivity contribution in [2.24, 2.45) is 0 Å². The first-order valence-corrected chi connectivity index (χ1v) is 12.4. The average Bonchev–Trinajstić information content (AvgIpc) is 2.95. The highest BCUT2D eigenvalue weighted by Gasteiger charge is 2.30. The first-order chi connectivity index (χ1) is 18.1. The monoisotopic (exact) mass is 496 g/mol. The molecule has 0 aliphatic carbocycles. The minimum Gasteiger partial charge on any atom is -0.462 e. The van der Waals surface area contributed by atoms with E-state index in [0.29, 0.717) is 48.5 Å². The van der Waals surface area contributed by atoms with Crippen LogP contribution in [0.3, 0.4) is 0 Å². The molecule has 0 bridgehead atoms. The maximum Gasteiger partial charge on any atom is 0.345 e. The zero-order chi connectivity index (χ0) is 25.8. The molecular formula is C29H28N4O4. The number of nitrogens with zero attached hydrogens (tertiary/aromatic N) is 4. The molecule has 0 radical (unpaired) electrons. The van der Waals surface area contributed by atoms with Gasteiger partial charge < -0.3 is 14.5 Å². The maximum atomic E-state index is 13.9. The molecule has 1 fully saturated rings. The van der Waals surface area contributed by atoms with Gasteiger partial charge in [0.05, 0.1) is 18.8 Å². The zero-order valence-electron chi connectivity index (χ0n) is 20.7. The Morgan fingerprint density at radius 3 is 2.24 bits per heavy atom. The Balaban J connectivity index is 1.56. The topological polar surface area (TPSA) is 84.7 Å². The second-order valence-corrected chi connectivity index (χ2v) is 8.84. The van der Waals surface area contributed by atoms with Crippen LogP contribution in [0.15, 0.2) is 83.8 Å². The number of pyridine rings is 2. The highest BCUT2D eigenvalue weighted by atomic mass is 16.5. The fourth-order valence-electron chi connectivity index (χ4n) is 4.79. The quantitative estimate of drug-likeness (QED) is 0.380. The Kier molecular flexibility index (Phi) is 6.98. The van der Waals surface area contributed by atoms with Crippen LogP contribution in [-0.4, -0.2) is 59.1 Å². The number of benzene rings is 2. The van der Waals surface area contributed by atoms with Crippen LogP contribution in [0.1, 0.15) is 33.2 Å². The first kappa shape index (κ1) is 24.2. The highest BCUT2D eigenvalue weighted by molar-refractivity contribution is 6.05. The van der Waals surface area contributed by atoms with Gasteiger partial charge in [-0.2, -0.15) is 0 Å². The van der Waals surface area contributed by atoms with Crippen molar-refractivity contribution < 1.29 is 14.3 Å². The van der Waals surface area contributed by atoms with Crippen molar-refractivity contribution in [2.45, 2.75) is 13.5 Å². The summed E-state index contributed by atoms with van der Waals surface area (Å²) in [6, 6.07) is 22.5. The van der Waals surface area contributed by atoms with Gasteiger partial charge in [0.15, 0.2) is 0 Å². The summed E-state index contributed by atoms with van der Waals surface area (Å²) in [6.07, 6.45) is 1.65. The Morgan fingerprint density at radius 2 is 1.57 bits per heavy atom. The fourth-order valence-corrected chi connectivity index (χ4v) is 4.79. The SMILES string of the molecule is CCOC(=O)c1c(N2CCN(C(=O)c3ccccc3)CC2)c2cccnc2n(Cc2ccccc2)c1=O. The Hall–Kier alpha value is -4.46. The molecule has 37 heavy (non-hydrogen) atoms. The number of rotatable bonds is 6. The van der Waals surface area contributed by atoms with Crippen LogP contribution in [0.25, 0.3) is 11.0 Å². The van der Waals surface area contributed by atoms with Crippen LogP contribution in [0.5, 0.6) is 0 Å². The van der Waals surface area contributed by atoms with Gasteiger partial charge in [-0.1, -0.05) is 48.5 Å². The van der Waals surface area contributed by atoms with Crippen molar-refractivity contribution in [3.8, 4) is 0 Å². The lowest BCUT2D eigenvalue weighted by Gasteiger charge is -2.37. The molecule has 1 amide bonds. The molecule has 0 saturated carbocycles. The van der Waals surface area contributed by atoms with Crippen LogP contribution in [-0.2, 0) is 11.3 Å². The van der Waals surface area contributed by atoms with E-state index in [-0.39, 0.29) is 24.6 Å². The number of ether oxygens (including phenoxy) is 1. The minimum absolute atomic E-state index is 0.00103. The zero-order valence-corrected chi connectivity index (χ0v) is 20.7. The second kappa shape index (κ2) is 10.7. The molecule has 1 saturated heterocycles. The summed E-state index contributed by atoms with van der Waals surface area (Å²) in [5.74, 6) is -0.687. The third kappa shape index (κ3) is 4.82. The molecule has 5 rings (SSSR count). The highest BCUT2D eigenvalue weighted by Crippen LogP contribution is 2.30. The van der Waals surface area contributed by atoms with E-state index in [0.717, 1.165) is 5.56 Å². The molecule has 8 heteroatoms. The number of amides is 1. The maximum absolute atomic E-state index is 13.9. The third-order valence-corrected chi connectivity index (χ3v) is 6.56. The van der Waals surface area contributed by atoms with E-state index in [1.165, 1.54) is 4.57 Å². The molecule has 0 atom stereocenters. The van der Waals surface area contributed by atoms with E-state index in [2.05, 4.69) is 4.98 Å². The van der Waals surface area contributed by atoms with E-state index in [1.807, 2.05) is 59.5 Å². The summed E-state index contributed by atoms with van der Waals surface area (Å²) in [5, 5.41) is 0.698. The van der Waals surface area contributed by atoms with Crippen LogP contribution < -0.4 is 10.5 Å². The smallest absolute Gasteiger partial charge is 0.345 e. The Bertz CT molecular complexity index is 1480. The van der Waals surface area contributed by atoms with E-state index in [1.54, 1.807) is 36.2 Å². The molecule has 0 spiro atoms. The summed E-state index contributed by atoms with van der Waals surface area (Å²) in [5.41, 5.74) is 2.14. The van der Waals surface area contributed by atoms with Crippen molar-refractivity contribution in [3.63, 3.8) is 0 Å². The van der Waals surface area contributed by atoms with Gasteiger partial charge >= 0.3 is 5.97 Å². The van der Waals surface area contributed by atoms with Gasteiger partial charge in [0, 0.05) is 43.3 Å². The van der Waals surface area contributed by atoms with Crippen LogP contribution in [0.2, 0.25) is 0 Å². The predicted octanol–water partition coefficient (Wildman–Crippen LogP) is 3.58. The number of esters is 1. The minimum atomic E-state index is -0.655. The lowest BCUT2D eigenvalue weighted by molar-refractivity contribution is 0.0523. The molecule has 0 N–H and O–H groups in total. The lowest BCUT2D eigenvalue weighted by atomic mass is 10.1. The lowest BCUT2D eigenvalue weighted by Crippen LogP contribution is -2.49. The average molecular weight is 497 g/mol. The van der Waals surface area contributed by atoms with E-state index in [4.69, 9.17) is 4.74 Å². The van der Waals surface area contributed by atoms with Crippen molar-refractivity contribution in [1.82, 2.24) is 14.5 Å². The van der Waals surface area contributed by atoms with Crippen molar-refractivity contribution >= 4 is 28.6 Å². The van der Waals surface area contributed by atoms with E-state index < -0.39 is 11.5 Å². The molecule has 2 aromatic heterocycles. The molecule has 2 aromatic carbocycles. The van der Waals surface area contributed by atoms with Crippen LogP contribution >= 0.6 is 0 Å². The molecule has 1 aliphatic heterocycles. The number of piperazine rings is 1. The van der Waals surface area contributed by atoms with Gasteiger partial charge in [-0.3, -0.25) is 14.2 Å². The third-order valence-electron chi connectivity index (χ3n) is 6.56. The summed E-state index contributed by atoms with van der Waals surface area (Å²) >= 11 is 0. The number of anilines is 1. The molecule has 8 nitrogen and oxygen atoms in total. The van der Waals surface area contributed by atoms with Crippen molar-refractivity contribution in [2.75, 3.05) is 37.7 Å². The number of fused-ring (bicyclic) bond motifs is 1. The number of aromatic nitrogens is 2. The molecule has 188 valence electrons. The van der Waals surface area contributed by atoms with Gasteiger partial charge in [0.1, 0.15) is 11.2 Å². The van der Waals surface area contributed by atoms with E-state index >= 15 is 0 Å². The predicted molar refractivity (Wildman–Crippen MR) is 142 cm³/mol. The largest absolute Gasteiger partial charge is 0.462 e. The summed E-state index contributed by atoms with van der Waals surface area (Å²) in [6.45, 7) is 4.01.